The van der Waals surface area contributed by atoms with E-state index in [1.54, 1.807) is 6.07 Å². The number of benzene rings is 2. The smallest absolute Gasteiger partial charge is 0.128 e. The number of aryl methyl sites for hydroxylation is 2. The number of hydrogen-bond donors (Lipinski definition) is 1. The molecule has 19 heavy (non-hydrogen) atoms. The van der Waals surface area contributed by atoms with Gasteiger partial charge in [0.15, 0.2) is 0 Å². The van der Waals surface area contributed by atoms with Gasteiger partial charge in [-0.3, -0.25) is 0 Å². The summed E-state index contributed by atoms with van der Waals surface area (Å²) in [6.45, 7) is 4.41. The normalized spacial score (nSPS) is 10.0. The maximum absolute atomic E-state index is 13.6. The highest BCUT2D eigenvalue weighted by Crippen LogP contribution is 2.16. The average Bonchev–Trinajstić information content (AvgIpc) is 2.37. The van der Waals surface area contributed by atoms with E-state index in [0.717, 1.165) is 16.8 Å². The van der Waals surface area contributed by atoms with Gasteiger partial charge in [0.1, 0.15) is 5.82 Å². The molecular formula is C16H15FN2. The molecule has 0 unspecified atom stereocenters. The third kappa shape index (κ3) is 3.32. The van der Waals surface area contributed by atoms with Gasteiger partial charge in [-0.15, -0.1) is 0 Å². The summed E-state index contributed by atoms with van der Waals surface area (Å²) in [5.74, 6) is -0.295. The molecule has 0 saturated heterocycles. The SMILES string of the molecule is Cc1cc(C)cc(NCc2cc(C#N)ccc2F)c1. The summed E-state index contributed by atoms with van der Waals surface area (Å²) in [5.41, 5.74) is 4.25. The van der Waals surface area contributed by atoms with Crippen LogP contribution in [0.2, 0.25) is 0 Å². The first-order valence-electron chi connectivity index (χ1n) is 6.09. The van der Waals surface area contributed by atoms with Crippen LogP contribution in [0.25, 0.3) is 0 Å². The molecule has 96 valence electrons. The van der Waals surface area contributed by atoms with E-state index in [9.17, 15) is 4.39 Å². The molecule has 2 rings (SSSR count). The van der Waals surface area contributed by atoms with E-state index in [-0.39, 0.29) is 5.82 Å². The average molecular weight is 254 g/mol. The van der Waals surface area contributed by atoms with Crippen LogP contribution in [-0.4, -0.2) is 0 Å². The summed E-state index contributed by atoms with van der Waals surface area (Å²) in [6.07, 6.45) is 0. The fourth-order valence-electron chi connectivity index (χ4n) is 2.05. The van der Waals surface area contributed by atoms with E-state index in [4.69, 9.17) is 5.26 Å². The van der Waals surface area contributed by atoms with Gasteiger partial charge in [0, 0.05) is 17.8 Å². The topological polar surface area (TPSA) is 35.8 Å². The Labute approximate surface area is 112 Å². The van der Waals surface area contributed by atoms with E-state index >= 15 is 0 Å². The molecular weight excluding hydrogens is 239 g/mol. The molecule has 0 radical (unpaired) electrons. The lowest BCUT2D eigenvalue weighted by molar-refractivity contribution is 0.612. The highest BCUT2D eigenvalue weighted by molar-refractivity contribution is 5.49. The number of anilines is 1. The number of nitrogens with one attached hydrogen (secondary N) is 1. The van der Waals surface area contributed by atoms with Crippen LogP contribution in [0, 0.1) is 31.0 Å². The Morgan fingerprint density at radius 3 is 2.42 bits per heavy atom. The van der Waals surface area contributed by atoms with Gasteiger partial charge in [0.05, 0.1) is 11.6 Å². The lowest BCUT2D eigenvalue weighted by Gasteiger charge is -2.09. The number of halogens is 1. The van der Waals surface area contributed by atoms with Crippen molar-refractivity contribution >= 4 is 5.69 Å². The van der Waals surface area contributed by atoms with E-state index < -0.39 is 0 Å². The molecule has 2 nitrogen and oxygen atoms in total. The number of nitriles is 1. The number of nitrogens with zero attached hydrogens (tertiary/aromatic N) is 1. The molecule has 0 aliphatic rings. The zero-order valence-electron chi connectivity index (χ0n) is 11.0. The monoisotopic (exact) mass is 254 g/mol. The second kappa shape index (κ2) is 5.53. The van der Waals surface area contributed by atoms with Gasteiger partial charge in [0.2, 0.25) is 0 Å². The Balaban J connectivity index is 2.16. The van der Waals surface area contributed by atoms with Gasteiger partial charge < -0.3 is 5.32 Å². The molecule has 0 saturated carbocycles. The van der Waals surface area contributed by atoms with Crippen LogP contribution in [0.5, 0.6) is 0 Å². The van der Waals surface area contributed by atoms with Crippen molar-refractivity contribution in [3.8, 4) is 6.07 Å². The van der Waals surface area contributed by atoms with Gasteiger partial charge in [0.25, 0.3) is 0 Å². The van der Waals surface area contributed by atoms with Crippen LogP contribution in [-0.2, 0) is 6.54 Å². The first-order chi connectivity index (χ1) is 9.08. The molecule has 0 aliphatic carbocycles. The minimum Gasteiger partial charge on any atom is -0.381 e. The molecule has 0 fully saturated rings. The standard InChI is InChI=1S/C16H15FN2/c1-11-5-12(2)7-15(6-11)19-10-14-8-13(9-18)3-4-16(14)17/h3-8,19H,10H2,1-2H3. The maximum Gasteiger partial charge on any atom is 0.128 e. The lowest BCUT2D eigenvalue weighted by atomic mass is 10.1. The second-order valence-corrected chi connectivity index (χ2v) is 4.65. The Morgan fingerprint density at radius 2 is 1.79 bits per heavy atom. The van der Waals surface area contributed by atoms with Crippen LogP contribution >= 0.6 is 0 Å². The van der Waals surface area contributed by atoms with E-state index in [1.165, 1.54) is 12.1 Å². The van der Waals surface area contributed by atoms with E-state index in [0.29, 0.717) is 17.7 Å². The Hall–Kier alpha value is -2.34. The fourth-order valence-corrected chi connectivity index (χ4v) is 2.05. The van der Waals surface area contributed by atoms with Crippen LogP contribution < -0.4 is 5.32 Å². The van der Waals surface area contributed by atoms with Crippen LogP contribution in [0.1, 0.15) is 22.3 Å². The molecule has 2 aromatic rings. The summed E-state index contributed by atoms with van der Waals surface area (Å²) in [7, 11) is 0. The third-order valence-electron chi connectivity index (χ3n) is 2.88. The first kappa shape index (κ1) is 13.1. The Morgan fingerprint density at radius 1 is 1.11 bits per heavy atom. The van der Waals surface area contributed by atoms with Gasteiger partial charge in [-0.2, -0.15) is 5.26 Å². The summed E-state index contributed by atoms with van der Waals surface area (Å²) >= 11 is 0. The van der Waals surface area contributed by atoms with Crippen LogP contribution in [0.15, 0.2) is 36.4 Å². The second-order valence-electron chi connectivity index (χ2n) is 4.65. The van der Waals surface area contributed by atoms with Crippen molar-refractivity contribution in [2.45, 2.75) is 20.4 Å². The molecule has 0 spiro atoms. The summed E-state index contributed by atoms with van der Waals surface area (Å²) in [5, 5.41) is 12.0. The van der Waals surface area contributed by atoms with Crippen molar-refractivity contribution in [3.05, 3.63) is 64.5 Å². The van der Waals surface area contributed by atoms with Crippen molar-refractivity contribution in [1.29, 1.82) is 5.26 Å². The highest BCUT2D eigenvalue weighted by Gasteiger charge is 2.04. The zero-order chi connectivity index (χ0) is 13.8. The fraction of sp³-hybridized carbons (Fsp3) is 0.188. The highest BCUT2D eigenvalue weighted by atomic mass is 19.1. The molecule has 0 bridgehead atoms. The predicted octanol–water partition coefficient (Wildman–Crippen LogP) is 3.93. The van der Waals surface area contributed by atoms with Crippen molar-refractivity contribution in [1.82, 2.24) is 0 Å². The maximum atomic E-state index is 13.6. The number of hydrogen-bond acceptors (Lipinski definition) is 2. The minimum atomic E-state index is -0.295. The van der Waals surface area contributed by atoms with Crippen molar-refractivity contribution in [3.63, 3.8) is 0 Å². The molecule has 0 aliphatic heterocycles. The molecule has 2 aromatic carbocycles. The molecule has 1 N–H and O–H groups in total. The molecule has 3 heteroatoms. The molecule has 0 heterocycles. The minimum absolute atomic E-state index is 0.295. The molecule has 0 aromatic heterocycles. The summed E-state index contributed by atoms with van der Waals surface area (Å²) in [6, 6.07) is 12.5. The number of rotatable bonds is 3. The third-order valence-corrected chi connectivity index (χ3v) is 2.88. The Kier molecular flexibility index (Phi) is 3.82. The molecule has 0 atom stereocenters. The van der Waals surface area contributed by atoms with Gasteiger partial charge in [-0.25, -0.2) is 4.39 Å². The van der Waals surface area contributed by atoms with Crippen LogP contribution in [0.4, 0.5) is 10.1 Å². The van der Waals surface area contributed by atoms with Gasteiger partial charge in [-0.05, 0) is 55.3 Å². The summed E-state index contributed by atoms with van der Waals surface area (Å²) < 4.78 is 13.6. The zero-order valence-corrected chi connectivity index (χ0v) is 11.0. The molecule has 0 amide bonds. The van der Waals surface area contributed by atoms with Crippen LogP contribution in [0.3, 0.4) is 0 Å². The van der Waals surface area contributed by atoms with Crippen molar-refractivity contribution < 1.29 is 4.39 Å². The predicted molar refractivity (Wildman–Crippen MR) is 74.4 cm³/mol. The first-order valence-corrected chi connectivity index (χ1v) is 6.09. The van der Waals surface area contributed by atoms with Crippen molar-refractivity contribution in [2.75, 3.05) is 5.32 Å². The largest absolute Gasteiger partial charge is 0.381 e. The summed E-state index contributed by atoms with van der Waals surface area (Å²) in [4.78, 5) is 0. The lowest BCUT2D eigenvalue weighted by Crippen LogP contribution is -2.02. The van der Waals surface area contributed by atoms with Gasteiger partial charge >= 0.3 is 0 Å². The quantitative estimate of drug-likeness (QED) is 0.900. The van der Waals surface area contributed by atoms with E-state index in [2.05, 4.69) is 11.4 Å². The van der Waals surface area contributed by atoms with E-state index in [1.807, 2.05) is 32.0 Å². The van der Waals surface area contributed by atoms with Gasteiger partial charge in [-0.1, -0.05) is 6.07 Å². The Bertz CT molecular complexity index is 621. The van der Waals surface area contributed by atoms with Crippen molar-refractivity contribution in [2.24, 2.45) is 0 Å².